The number of nitrogens with zero attached hydrogens (tertiary/aromatic N) is 1. The van der Waals surface area contributed by atoms with Crippen molar-refractivity contribution in [3.8, 4) is 5.75 Å². The van der Waals surface area contributed by atoms with Crippen LogP contribution in [0.5, 0.6) is 5.75 Å². The Morgan fingerprint density at radius 1 is 1.17 bits per heavy atom. The molecule has 0 amide bonds. The van der Waals surface area contributed by atoms with E-state index in [0.29, 0.717) is 0 Å². The van der Waals surface area contributed by atoms with E-state index in [1.165, 1.54) is 11.3 Å². The van der Waals surface area contributed by atoms with Crippen LogP contribution in [0.4, 0.5) is 5.69 Å². The first-order chi connectivity index (χ1) is 8.52. The number of anilines is 1. The molecule has 0 atom stereocenters. The highest BCUT2D eigenvalue weighted by Crippen LogP contribution is 2.34. The van der Waals surface area contributed by atoms with Crippen LogP contribution in [0.25, 0.3) is 0 Å². The topological polar surface area (TPSA) is 24.5 Å². The SMILES string of the molecule is COc1ccc(N2CCNCC2)cc1C(C)(C)C. The molecule has 0 aromatic heterocycles. The van der Waals surface area contributed by atoms with Crippen LogP contribution in [0.2, 0.25) is 0 Å². The van der Waals surface area contributed by atoms with Crippen LogP contribution in [0.1, 0.15) is 26.3 Å². The second kappa shape index (κ2) is 5.19. The highest BCUT2D eigenvalue weighted by molar-refractivity contribution is 5.55. The molecule has 0 radical (unpaired) electrons. The predicted octanol–water partition coefficient (Wildman–Crippen LogP) is 2.40. The lowest BCUT2D eigenvalue weighted by Crippen LogP contribution is -2.43. The summed E-state index contributed by atoms with van der Waals surface area (Å²) in [7, 11) is 1.75. The molecule has 3 nitrogen and oxygen atoms in total. The third-order valence-corrected chi connectivity index (χ3v) is 3.47. The third-order valence-electron chi connectivity index (χ3n) is 3.47. The highest BCUT2D eigenvalue weighted by Gasteiger charge is 2.21. The molecule has 2 rings (SSSR count). The van der Waals surface area contributed by atoms with Crippen molar-refractivity contribution in [1.82, 2.24) is 5.32 Å². The van der Waals surface area contributed by atoms with Gasteiger partial charge in [-0.2, -0.15) is 0 Å². The zero-order valence-electron chi connectivity index (χ0n) is 11.9. The number of methoxy groups -OCH3 is 1. The monoisotopic (exact) mass is 248 g/mol. The van der Waals surface area contributed by atoms with Gasteiger partial charge in [0, 0.05) is 37.4 Å². The van der Waals surface area contributed by atoms with E-state index in [2.05, 4.69) is 49.2 Å². The van der Waals surface area contributed by atoms with Crippen molar-refractivity contribution in [1.29, 1.82) is 0 Å². The van der Waals surface area contributed by atoms with Crippen molar-refractivity contribution in [3.63, 3.8) is 0 Å². The van der Waals surface area contributed by atoms with Crippen molar-refractivity contribution in [3.05, 3.63) is 23.8 Å². The van der Waals surface area contributed by atoms with Crippen molar-refractivity contribution in [2.24, 2.45) is 0 Å². The maximum absolute atomic E-state index is 5.48. The second-order valence-electron chi connectivity index (χ2n) is 5.87. The van der Waals surface area contributed by atoms with Crippen molar-refractivity contribution in [2.75, 3.05) is 38.2 Å². The Morgan fingerprint density at radius 3 is 2.39 bits per heavy atom. The quantitative estimate of drug-likeness (QED) is 0.870. The van der Waals surface area contributed by atoms with Gasteiger partial charge in [-0.25, -0.2) is 0 Å². The van der Waals surface area contributed by atoms with E-state index >= 15 is 0 Å². The molecule has 1 aliphatic rings. The first-order valence-electron chi connectivity index (χ1n) is 6.66. The molecular formula is C15H24N2O. The first kappa shape index (κ1) is 13.2. The Bertz CT molecular complexity index is 403. The number of ether oxygens (including phenoxy) is 1. The molecular weight excluding hydrogens is 224 g/mol. The molecule has 1 fully saturated rings. The van der Waals surface area contributed by atoms with Crippen molar-refractivity contribution in [2.45, 2.75) is 26.2 Å². The minimum absolute atomic E-state index is 0.107. The average molecular weight is 248 g/mol. The number of benzene rings is 1. The first-order valence-corrected chi connectivity index (χ1v) is 6.66. The minimum Gasteiger partial charge on any atom is -0.496 e. The molecule has 18 heavy (non-hydrogen) atoms. The number of rotatable bonds is 2. The molecule has 0 saturated carbocycles. The minimum atomic E-state index is 0.107. The summed E-state index contributed by atoms with van der Waals surface area (Å²) in [5.41, 5.74) is 2.69. The summed E-state index contributed by atoms with van der Waals surface area (Å²) in [4.78, 5) is 2.44. The summed E-state index contributed by atoms with van der Waals surface area (Å²) in [6.45, 7) is 11.0. The summed E-state index contributed by atoms with van der Waals surface area (Å²) < 4.78 is 5.48. The van der Waals surface area contributed by atoms with Gasteiger partial charge in [-0.05, 0) is 23.6 Å². The van der Waals surface area contributed by atoms with E-state index in [4.69, 9.17) is 4.74 Å². The summed E-state index contributed by atoms with van der Waals surface area (Å²) in [6, 6.07) is 6.54. The highest BCUT2D eigenvalue weighted by atomic mass is 16.5. The van der Waals surface area contributed by atoms with E-state index in [9.17, 15) is 0 Å². The van der Waals surface area contributed by atoms with Gasteiger partial charge in [0.1, 0.15) is 5.75 Å². The van der Waals surface area contributed by atoms with Gasteiger partial charge in [-0.1, -0.05) is 20.8 Å². The molecule has 3 heteroatoms. The number of hydrogen-bond donors (Lipinski definition) is 1. The normalized spacial score (nSPS) is 16.8. The van der Waals surface area contributed by atoms with E-state index in [1.807, 2.05) is 0 Å². The molecule has 1 aromatic rings. The molecule has 0 spiro atoms. The van der Waals surface area contributed by atoms with Crippen molar-refractivity contribution < 1.29 is 4.74 Å². The summed E-state index contributed by atoms with van der Waals surface area (Å²) in [5, 5.41) is 3.39. The largest absolute Gasteiger partial charge is 0.496 e. The van der Waals surface area contributed by atoms with E-state index in [0.717, 1.165) is 31.9 Å². The van der Waals surface area contributed by atoms with Gasteiger partial charge < -0.3 is 15.0 Å². The molecule has 100 valence electrons. The van der Waals surface area contributed by atoms with Gasteiger partial charge in [-0.3, -0.25) is 0 Å². The standard InChI is InChI=1S/C15H24N2O/c1-15(2,3)13-11-12(5-6-14(13)18-4)17-9-7-16-8-10-17/h5-6,11,16H,7-10H2,1-4H3. The number of nitrogens with one attached hydrogen (secondary N) is 1. The van der Waals surface area contributed by atoms with Gasteiger partial charge in [0.2, 0.25) is 0 Å². The Morgan fingerprint density at radius 2 is 1.83 bits per heavy atom. The Hall–Kier alpha value is -1.22. The lowest BCUT2D eigenvalue weighted by molar-refractivity contribution is 0.397. The Balaban J connectivity index is 2.33. The Labute approximate surface area is 110 Å². The van der Waals surface area contributed by atoms with Gasteiger partial charge in [-0.15, -0.1) is 0 Å². The molecule has 0 aliphatic carbocycles. The summed E-state index contributed by atoms with van der Waals surface area (Å²) in [6.07, 6.45) is 0. The fraction of sp³-hybridized carbons (Fsp3) is 0.600. The van der Waals surface area contributed by atoms with Crippen LogP contribution < -0.4 is 15.0 Å². The van der Waals surface area contributed by atoms with Crippen LogP contribution in [-0.2, 0) is 5.41 Å². The van der Waals surface area contributed by atoms with Crippen LogP contribution in [-0.4, -0.2) is 33.3 Å². The lowest BCUT2D eigenvalue weighted by Gasteiger charge is -2.31. The van der Waals surface area contributed by atoms with Crippen LogP contribution >= 0.6 is 0 Å². The zero-order chi connectivity index (χ0) is 13.2. The molecule has 1 heterocycles. The van der Waals surface area contributed by atoms with Gasteiger partial charge in [0.15, 0.2) is 0 Å². The summed E-state index contributed by atoms with van der Waals surface area (Å²) in [5.74, 6) is 0.987. The molecule has 0 unspecified atom stereocenters. The maximum Gasteiger partial charge on any atom is 0.122 e. The third kappa shape index (κ3) is 2.78. The molecule has 1 aliphatic heterocycles. The van der Waals surface area contributed by atoms with E-state index < -0.39 is 0 Å². The molecule has 0 bridgehead atoms. The number of hydrogen-bond acceptors (Lipinski definition) is 3. The fourth-order valence-corrected chi connectivity index (χ4v) is 2.40. The van der Waals surface area contributed by atoms with Gasteiger partial charge >= 0.3 is 0 Å². The summed E-state index contributed by atoms with van der Waals surface area (Å²) >= 11 is 0. The average Bonchev–Trinajstić information content (AvgIpc) is 2.38. The molecule has 1 N–H and O–H groups in total. The smallest absolute Gasteiger partial charge is 0.122 e. The van der Waals surface area contributed by atoms with Gasteiger partial charge in [0.05, 0.1) is 7.11 Å². The van der Waals surface area contributed by atoms with Crippen LogP contribution in [0, 0.1) is 0 Å². The molecule has 1 saturated heterocycles. The predicted molar refractivity (Wildman–Crippen MR) is 76.8 cm³/mol. The van der Waals surface area contributed by atoms with E-state index in [-0.39, 0.29) is 5.41 Å². The van der Waals surface area contributed by atoms with Crippen molar-refractivity contribution >= 4 is 5.69 Å². The zero-order valence-corrected chi connectivity index (χ0v) is 11.9. The van der Waals surface area contributed by atoms with E-state index in [1.54, 1.807) is 7.11 Å². The Kier molecular flexibility index (Phi) is 3.81. The fourth-order valence-electron chi connectivity index (χ4n) is 2.40. The maximum atomic E-state index is 5.48. The van der Waals surface area contributed by atoms with Crippen LogP contribution in [0.3, 0.4) is 0 Å². The van der Waals surface area contributed by atoms with Gasteiger partial charge in [0.25, 0.3) is 0 Å². The second-order valence-corrected chi connectivity index (χ2v) is 5.87. The lowest BCUT2D eigenvalue weighted by atomic mass is 9.86. The van der Waals surface area contributed by atoms with Crippen LogP contribution in [0.15, 0.2) is 18.2 Å². The number of piperazine rings is 1. The molecule has 1 aromatic carbocycles.